The summed E-state index contributed by atoms with van der Waals surface area (Å²) in [6, 6.07) is 5.71. The van der Waals surface area contributed by atoms with Gasteiger partial charge in [0.2, 0.25) is 5.95 Å². The van der Waals surface area contributed by atoms with E-state index in [1.165, 1.54) is 11.5 Å². The molecule has 37 heavy (non-hydrogen) atoms. The predicted molar refractivity (Wildman–Crippen MR) is 143 cm³/mol. The maximum atomic E-state index is 6.46. The van der Waals surface area contributed by atoms with Gasteiger partial charge in [0, 0.05) is 68.5 Å². The van der Waals surface area contributed by atoms with Crippen molar-refractivity contribution in [1.82, 2.24) is 34.0 Å². The number of rotatable bonds is 9. The molecular weight excluding hydrogens is 492 g/mol. The highest BCUT2D eigenvalue weighted by molar-refractivity contribution is 6.30. The molecule has 4 heterocycles. The number of halogens is 1. The lowest BCUT2D eigenvalue weighted by atomic mass is 10.2. The lowest BCUT2D eigenvalue weighted by Gasteiger charge is -2.29. The third-order valence-electron chi connectivity index (χ3n) is 6.79. The second-order valence-electron chi connectivity index (χ2n) is 9.59. The first-order valence-corrected chi connectivity index (χ1v) is 12.9. The molecule has 1 N–H and O–H groups in total. The Morgan fingerprint density at radius 2 is 1.97 bits per heavy atom. The van der Waals surface area contributed by atoms with Crippen molar-refractivity contribution in [3.05, 3.63) is 58.0 Å². The van der Waals surface area contributed by atoms with Crippen molar-refractivity contribution in [2.24, 2.45) is 0 Å². The molecule has 10 nitrogen and oxygen atoms in total. The summed E-state index contributed by atoms with van der Waals surface area (Å²) in [4.78, 5) is 16.4. The molecule has 4 aromatic rings. The minimum Gasteiger partial charge on any atom is -0.497 e. The second kappa shape index (κ2) is 10.5. The van der Waals surface area contributed by atoms with Gasteiger partial charge in [0.1, 0.15) is 22.5 Å². The fourth-order valence-electron chi connectivity index (χ4n) is 4.72. The van der Waals surface area contributed by atoms with Crippen LogP contribution in [0.5, 0.6) is 11.5 Å². The number of anilines is 1. The van der Waals surface area contributed by atoms with E-state index in [4.69, 9.17) is 31.2 Å². The van der Waals surface area contributed by atoms with Gasteiger partial charge in [-0.15, -0.1) is 5.10 Å². The number of aromatic nitrogens is 6. The molecule has 0 radical (unpaired) electrons. The molecule has 1 aliphatic rings. The summed E-state index contributed by atoms with van der Waals surface area (Å²) in [7, 11) is 3.27. The van der Waals surface area contributed by atoms with Crippen LogP contribution in [0.15, 0.2) is 24.4 Å². The van der Waals surface area contributed by atoms with Gasteiger partial charge in [0.15, 0.2) is 11.5 Å². The molecule has 0 unspecified atom stereocenters. The van der Waals surface area contributed by atoms with Crippen LogP contribution in [0, 0.1) is 6.92 Å². The Labute approximate surface area is 221 Å². The van der Waals surface area contributed by atoms with Crippen LogP contribution < -0.4 is 14.8 Å². The Hall–Kier alpha value is -3.37. The summed E-state index contributed by atoms with van der Waals surface area (Å²) in [5, 5.41) is 8.53. The van der Waals surface area contributed by atoms with Crippen molar-refractivity contribution < 1.29 is 9.47 Å². The van der Waals surface area contributed by atoms with Gasteiger partial charge in [-0.3, -0.25) is 4.90 Å². The molecule has 0 fully saturated rings. The summed E-state index contributed by atoms with van der Waals surface area (Å²) in [5.74, 6) is 4.36. The van der Waals surface area contributed by atoms with Crippen molar-refractivity contribution in [3.8, 4) is 11.5 Å². The molecule has 0 amide bonds. The molecule has 1 aliphatic heterocycles. The van der Waals surface area contributed by atoms with Crippen LogP contribution in [0.25, 0.3) is 5.65 Å². The van der Waals surface area contributed by atoms with E-state index in [0.717, 1.165) is 61.1 Å². The highest BCUT2D eigenvalue weighted by Crippen LogP contribution is 2.27. The molecule has 0 aliphatic carbocycles. The van der Waals surface area contributed by atoms with E-state index in [0.29, 0.717) is 29.2 Å². The molecule has 196 valence electrons. The van der Waals surface area contributed by atoms with Gasteiger partial charge in [0.05, 0.1) is 19.9 Å². The Bertz CT molecular complexity index is 1410. The Kier molecular flexibility index (Phi) is 7.21. The molecule has 0 saturated heterocycles. The molecule has 0 saturated carbocycles. The Morgan fingerprint density at radius 3 is 2.73 bits per heavy atom. The zero-order chi connectivity index (χ0) is 26.1. The average Bonchev–Trinajstić information content (AvgIpc) is 3.53. The smallest absolute Gasteiger partial charge is 0.227 e. The van der Waals surface area contributed by atoms with Crippen molar-refractivity contribution in [2.45, 2.75) is 52.7 Å². The minimum atomic E-state index is 0.404. The first-order chi connectivity index (χ1) is 17.9. The third kappa shape index (κ3) is 5.08. The molecular formula is C26H33ClN8O2. The van der Waals surface area contributed by atoms with Crippen molar-refractivity contribution in [3.63, 3.8) is 0 Å². The van der Waals surface area contributed by atoms with Gasteiger partial charge in [-0.1, -0.05) is 25.4 Å². The number of fused-ring (bicyclic) bond motifs is 2. The lowest BCUT2D eigenvalue weighted by molar-refractivity contribution is 0.220. The first-order valence-electron chi connectivity index (χ1n) is 12.5. The third-order valence-corrected chi connectivity index (χ3v) is 7.16. The number of ether oxygens (including phenoxy) is 2. The molecule has 5 rings (SSSR count). The van der Waals surface area contributed by atoms with Crippen LogP contribution >= 0.6 is 11.6 Å². The quantitative estimate of drug-likeness (QED) is 0.327. The van der Waals surface area contributed by atoms with E-state index in [1.807, 2.05) is 31.3 Å². The average molecular weight is 525 g/mol. The van der Waals surface area contributed by atoms with E-state index in [-0.39, 0.29) is 0 Å². The van der Waals surface area contributed by atoms with Gasteiger partial charge >= 0.3 is 0 Å². The molecule has 0 atom stereocenters. The largest absolute Gasteiger partial charge is 0.497 e. The number of nitrogens with zero attached hydrogens (tertiary/aromatic N) is 7. The second-order valence-corrected chi connectivity index (χ2v) is 9.94. The SMILES string of the molecule is COc1ccc(CNc2nc(Cl)c(C)c3nc(CCN4CCn5c(cnc5C(C)C)C4)nn23)c(OC)c1. The number of aryl methyl sites for hydroxylation is 1. The number of hydrogen-bond donors (Lipinski definition) is 1. The number of benzene rings is 1. The van der Waals surface area contributed by atoms with Crippen molar-refractivity contribution >= 4 is 23.2 Å². The van der Waals surface area contributed by atoms with Gasteiger partial charge in [-0.2, -0.15) is 4.52 Å². The molecule has 1 aromatic carbocycles. The summed E-state index contributed by atoms with van der Waals surface area (Å²) in [6.45, 7) is 10.5. The van der Waals surface area contributed by atoms with Gasteiger partial charge in [-0.05, 0) is 19.1 Å². The number of methoxy groups -OCH3 is 2. The highest BCUT2D eigenvalue weighted by atomic mass is 35.5. The van der Waals surface area contributed by atoms with Crippen LogP contribution in [0.4, 0.5) is 5.95 Å². The van der Waals surface area contributed by atoms with E-state index >= 15 is 0 Å². The monoisotopic (exact) mass is 524 g/mol. The van der Waals surface area contributed by atoms with Crippen molar-refractivity contribution in [1.29, 1.82) is 0 Å². The highest BCUT2D eigenvalue weighted by Gasteiger charge is 2.22. The van der Waals surface area contributed by atoms with Crippen LogP contribution in [-0.4, -0.2) is 61.3 Å². The molecule has 0 bridgehead atoms. The zero-order valence-electron chi connectivity index (χ0n) is 22.0. The minimum absolute atomic E-state index is 0.404. The standard InChI is InChI=1S/C26H33ClN8O2/c1-16(2)24-28-14-19-15-33(10-11-34(19)24)9-8-22-30-25-17(3)23(27)31-26(35(25)32-22)29-13-18-6-7-20(36-4)12-21(18)37-5/h6-7,12,14,16H,8-11,13,15H2,1-5H3,(H,29,31). The zero-order valence-corrected chi connectivity index (χ0v) is 22.7. The maximum Gasteiger partial charge on any atom is 0.227 e. The maximum absolute atomic E-state index is 6.46. The Morgan fingerprint density at radius 1 is 1.14 bits per heavy atom. The summed E-state index contributed by atoms with van der Waals surface area (Å²) >= 11 is 6.46. The summed E-state index contributed by atoms with van der Waals surface area (Å²) in [6.07, 6.45) is 2.74. The van der Waals surface area contributed by atoms with Gasteiger partial charge in [0.25, 0.3) is 0 Å². The van der Waals surface area contributed by atoms with E-state index < -0.39 is 0 Å². The normalized spacial score (nSPS) is 13.8. The molecule has 3 aromatic heterocycles. The van der Waals surface area contributed by atoms with Crippen LogP contribution in [0.2, 0.25) is 5.15 Å². The fraction of sp³-hybridized carbons (Fsp3) is 0.462. The van der Waals surface area contributed by atoms with Crippen LogP contribution in [0.1, 0.15) is 48.2 Å². The molecule has 11 heteroatoms. The summed E-state index contributed by atoms with van der Waals surface area (Å²) < 4.78 is 14.9. The summed E-state index contributed by atoms with van der Waals surface area (Å²) in [5.41, 5.74) is 3.74. The predicted octanol–water partition coefficient (Wildman–Crippen LogP) is 4.09. The van der Waals surface area contributed by atoms with Gasteiger partial charge < -0.3 is 19.4 Å². The first kappa shape index (κ1) is 25.3. The number of nitrogens with one attached hydrogen (secondary N) is 1. The van der Waals surface area contributed by atoms with Crippen molar-refractivity contribution in [2.75, 3.05) is 32.6 Å². The van der Waals surface area contributed by atoms with Crippen LogP contribution in [-0.2, 0) is 26.1 Å². The molecule has 0 spiro atoms. The lowest BCUT2D eigenvalue weighted by Crippen LogP contribution is -2.35. The number of imidazole rings is 1. The van der Waals surface area contributed by atoms with E-state index in [9.17, 15) is 0 Å². The fourth-order valence-corrected chi connectivity index (χ4v) is 4.89. The van der Waals surface area contributed by atoms with E-state index in [1.54, 1.807) is 18.7 Å². The van der Waals surface area contributed by atoms with Crippen LogP contribution in [0.3, 0.4) is 0 Å². The topological polar surface area (TPSA) is 94.6 Å². The van der Waals surface area contributed by atoms with E-state index in [2.05, 4.69) is 38.6 Å². The number of hydrogen-bond acceptors (Lipinski definition) is 8. The van der Waals surface area contributed by atoms with Gasteiger partial charge in [-0.25, -0.2) is 15.0 Å². The Balaban J connectivity index is 1.31.